The fraction of sp³-hybridized carbons (Fsp3) is 0.481. The number of thioether (sulfide) groups is 1. The lowest BCUT2D eigenvalue weighted by Crippen LogP contribution is -2.61. The number of hydrogen-bond donors (Lipinski definition) is 5. The number of hydrogen-bond acceptors (Lipinski definition) is 8. The Balaban J connectivity index is 1.56. The standard InChI is InChI=1S/C27H35N5O3S/c1-13(2)35-16-6-7-17(14(3)11-16)27(30)18-8-9-19(28)23-20(18)21(22(29)25(27)33)24(36-23)26(34)32-15-5-4-10-31-12-15/h6-9,11,13,15,21-22,24,31H,4-5,10,12,28-30H2,1-3H3,(H,32,34). The summed E-state index contributed by atoms with van der Waals surface area (Å²) in [5.41, 5.74) is 22.2. The Hall–Kier alpha value is -2.59. The highest BCUT2D eigenvalue weighted by molar-refractivity contribution is 8.01. The molecule has 5 unspecified atom stereocenters. The molecule has 0 radical (unpaired) electrons. The normalized spacial score (nSPS) is 29.2. The summed E-state index contributed by atoms with van der Waals surface area (Å²) in [6.07, 6.45) is 1.96. The summed E-state index contributed by atoms with van der Waals surface area (Å²) < 4.78 is 5.83. The van der Waals surface area contributed by atoms with E-state index in [1.807, 2.05) is 45.0 Å². The average Bonchev–Trinajstić information content (AvgIpc) is 3.24. The van der Waals surface area contributed by atoms with Crippen molar-refractivity contribution in [2.24, 2.45) is 11.5 Å². The average molecular weight is 510 g/mol. The monoisotopic (exact) mass is 509 g/mol. The molecule has 0 bridgehead atoms. The summed E-state index contributed by atoms with van der Waals surface area (Å²) in [6.45, 7) is 7.54. The topological polar surface area (TPSA) is 145 Å². The highest BCUT2D eigenvalue weighted by Gasteiger charge is 2.57. The van der Waals surface area contributed by atoms with Crippen LogP contribution in [-0.2, 0) is 15.1 Å². The van der Waals surface area contributed by atoms with Crippen molar-refractivity contribution in [2.75, 3.05) is 18.8 Å². The summed E-state index contributed by atoms with van der Waals surface area (Å²) in [5.74, 6) is -0.184. The fourth-order valence-corrected chi connectivity index (χ4v) is 7.34. The van der Waals surface area contributed by atoms with Crippen LogP contribution in [-0.4, -0.2) is 48.2 Å². The largest absolute Gasteiger partial charge is 0.491 e. The predicted molar refractivity (Wildman–Crippen MR) is 142 cm³/mol. The lowest BCUT2D eigenvalue weighted by molar-refractivity contribution is -0.126. The first-order valence-electron chi connectivity index (χ1n) is 12.6. The van der Waals surface area contributed by atoms with Gasteiger partial charge >= 0.3 is 0 Å². The number of carbonyl (C=O) groups is 2. The summed E-state index contributed by atoms with van der Waals surface area (Å²) in [4.78, 5) is 28.2. The molecule has 5 atom stereocenters. The highest BCUT2D eigenvalue weighted by atomic mass is 32.2. The van der Waals surface area contributed by atoms with Crippen LogP contribution >= 0.6 is 11.8 Å². The number of nitrogens with one attached hydrogen (secondary N) is 2. The van der Waals surface area contributed by atoms with Crippen molar-refractivity contribution >= 4 is 29.1 Å². The Morgan fingerprint density at radius 2 is 2.00 bits per heavy atom. The van der Waals surface area contributed by atoms with Crippen LogP contribution in [0.2, 0.25) is 0 Å². The van der Waals surface area contributed by atoms with E-state index in [0.29, 0.717) is 22.6 Å². The van der Waals surface area contributed by atoms with Gasteiger partial charge in [0.2, 0.25) is 5.91 Å². The maximum Gasteiger partial charge on any atom is 0.234 e. The number of anilines is 1. The molecular formula is C27H35N5O3S. The Kier molecular flexibility index (Phi) is 6.53. The van der Waals surface area contributed by atoms with E-state index >= 15 is 0 Å². The number of rotatable bonds is 5. The minimum absolute atomic E-state index is 0.0254. The zero-order chi connectivity index (χ0) is 25.8. The molecule has 1 fully saturated rings. The number of piperidine rings is 1. The van der Waals surface area contributed by atoms with E-state index < -0.39 is 22.7 Å². The fourth-order valence-electron chi connectivity index (χ4n) is 5.88. The van der Waals surface area contributed by atoms with Crippen molar-refractivity contribution in [2.45, 2.75) is 73.4 Å². The second-order valence-electron chi connectivity index (χ2n) is 10.4. The molecule has 36 heavy (non-hydrogen) atoms. The minimum Gasteiger partial charge on any atom is -0.491 e. The first-order chi connectivity index (χ1) is 17.1. The molecule has 0 spiro atoms. The maximum absolute atomic E-state index is 14.0. The van der Waals surface area contributed by atoms with Crippen LogP contribution in [0.4, 0.5) is 5.69 Å². The van der Waals surface area contributed by atoms with Gasteiger partial charge in [-0.05, 0) is 80.6 Å². The van der Waals surface area contributed by atoms with E-state index in [2.05, 4.69) is 10.6 Å². The van der Waals surface area contributed by atoms with E-state index in [9.17, 15) is 9.59 Å². The molecule has 5 rings (SSSR count). The number of nitrogen functional groups attached to an aromatic ring is 1. The van der Waals surface area contributed by atoms with Crippen LogP contribution < -0.4 is 32.6 Å². The molecule has 1 amide bonds. The SMILES string of the molecule is Cc1cc(OC(C)C)ccc1C1(N)C(=O)C(N)C2c3c1ccc(N)c3SC2C(=O)NC1CCCNC1. The van der Waals surface area contributed by atoms with Gasteiger partial charge in [-0.1, -0.05) is 12.1 Å². The van der Waals surface area contributed by atoms with E-state index in [-0.39, 0.29) is 23.8 Å². The van der Waals surface area contributed by atoms with Gasteiger partial charge < -0.3 is 32.6 Å². The summed E-state index contributed by atoms with van der Waals surface area (Å²) in [6, 6.07) is 8.31. The van der Waals surface area contributed by atoms with Crippen molar-refractivity contribution in [3.05, 3.63) is 52.6 Å². The number of benzene rings is 2. The van der Waals surface area contributed by atoms with E-state index in [1.165, 1.54) is 11.8 Å². The summed E-state index contributed by atoms with van der Waals surface area (Å²) in [7, 11) is 0. The van der Waals surface area contributed by atoms with Crippen molar-refractivity contribution in [1.82, 2.24) is 10.6 Å². The number of ether oxygens (including phenoxy) is 1. The van der Waals surface area contributed by atoms with Gasteiger partial charge in [0.05, 0.1) is 17.4 Å². The molecule has 0 aromatic heterocycles. The Bertz CT molecular complexity index is 1210. The highest BCUT2D eigenvalue weighted by Crippen LogP contribution is 2.56. The first-order valence-corrected chi connectivity index (χ1v) is 13.5. The molecule has 2 aliphatic heterocycles. The van der Waals surface area contributed by atoms with Crippen LogP contribution in [0.15, 0.2) is 35.2 Å². The summed E-state index contributed by atoms with van der Waals surface area (Å²) >= 11 is 1.40. The second-order valence-corrected chi connectivity index (χ2v) is 11.6. The van der Waals surface area contributed by atoms with Crippen molar-refractivity contribution in [3.8, 4) is 5.75 Å². The number of ketones is 1. The number of carbonyl (C=O) groups excluding carboxylic acids is 2. The van der Waals surface area contributed by atoms with Crippen LogP contribution in [0, 0.1) is 6.92 Å². The third kappa shape index (κ3) is 3.98. The third-order valence-corrected chi connectivity index (χ3v) is 8.98. The molecule has 1 aliphatic carbocycles. The van der Waals surface area contributed by atoms with Crippen molar-refractivity contribution in [3.63, 3.8) is 0 Å². The van der Waals surface area contributed by atoms with Gasteiger partial charge in [0.15, 0.2) is 5.78 Å². The Labute approximate surface area is 216 Å². The number of nitrogens with two attached hydrogens (primary N) is 3. The smallest absolute Gasteiger partial charge is 0.234 e. The molecule has 2 aromatic rings. The first kappa shape index (κ1) is 25.1. The molecule has 192 valence electrons. The minimum atomic E-state index is -1.45. The number of aryl methyl sites for hydroxylation is 1. The lowest BCUT2D eigenvalue weighted by Gasteiger charge is -2.42. The molecule has 8 nitrogen and oxygen atoms in total. The number of amides is 1. The Morgan fingerprint density at radius 3 is 2.67 bits per heavy atom. The maximum atomic E-state index is 14.0. The summed E-state index contributed by atoms with van der Waals surface area (Å²) in [5, 5.41) is 5.94. The third-order valence-electron chi connectivity index (χ3n) is 7.53. The van der Waals surface area contributed by atoms with E-state index in [1.54, 1.807) is 6.07 Å². The zero-order valence-corrected chi connectivity index (χ0v) is 21.8. The van der Waals surface area contributed by atoms with Crippen LogP contribution in [0.5, 0.6) is 5.75 Å². The van der Waals surface area contributed by atoms with Gasteiger partial charge in [-0.15, -0.1) is 11.8 Å². The number of Topliss-reactive ketones (excluding diaryl/α,β-unsaturated/α-hetero) is 1. The second kappa shape index (κ2) is 9.37. The van der Waals surface area contributed by atoms with Gasteiger partial charge in [0.25, 0.3) is 0 Å². The van der Waals surface area contributed by atoms with Gasteiger partial charge in [0, 0.05) is 29.1 Å². The molecule has 9 heteroatoms. The van der Waals surface area contributed by atoms with Gasteiger partial charge in [0.1, 0.15) is 11.3 Å². The van der Waals surface area contributed by atoms with E-state index in [4.69, 9.17) is 21.9 Å². The van der Waals surface area contributed by atoms with Crippen LogP contribution in [0.3, 0.4) is 0 Å². The van der Waals surface area contributed by atoms with Crippen molar-refractivity contribution < 1.29 is 14.3 Å². The molecular weight excluding hydrogens is 474 g/mol. The molecule has 0 saturated carbocycles. The van der Waals surface area contributed by atoms with Crippen LogP contribution in [0.1, 0.15) is 54.9 Å². The molecule has 2 heterocycles. The quantitative estimate of drug-likeness (QED) is 0.384. The molecule has 3 aliphatic rings. The zero-order valence-electron chi connectivity index (χ0n) is 21.0. The Morgan fingerprint density at radius 1 is 1.25 bits per heavy atom. The van der Waals surface area contributed by atoms with Crippen molar-refractivity contribution in [1.29, 1.82) is 0 Å². The van der Waals surface area contributed by atoms with Gasteiger partial charge in [-0.25, -0.2) is 0 Å². The lowest BCUT2D eigenvalue weighted by atomic mass is 9.64. The predicted octanol–water partition coefficient (Wildman–Crippen LogP) is 1.90. The van der Waals surface area contributed by atoms with E-state index in [0.717, 1.165) is 42.0 Å². The van der Waals surface area contributed by atoms with Gasteiger partial charge in [-0.3, -0.25) is 9.59 Å². The van der Waals surface area contributed by atoms with Crippen LogP contribution in [0.25, 0.3) is 0 Å². The van der Waals surface area contributed by atoms with Gasteiger partial charge in [-0.2, -0.15) is 0 Å². The molecule has 8 N–H and O–H groups in total. The molecule has 2 aromatic carbocycles. The molecule has 1 saturated heterocycles.